The molecule has 0 amide bonds. The normalized spacial score (nSPS) is 29.7. The summed E-state index contributed by atoms with van der Waals surface area (Å²) < 4.78 is 2.31. The Morgan fingerprint density at radius 1 is 1.32 bits per heavy atom. The van der Waals surface area contributed by atoms with Gasteiger partial charge in [-0.25, -0.2) is 4.98 Å². The Morgan fingerprint density at radius 3 is 2.68 bits per heavy atom. The van der Waals surface area contributed by atoms with Crippen LogP contribution < -0.4 is 10.2 Å². The van der Waals surface area contributed by atoms with E-state index in [1.54, 1.807) is 0 Å². The highest BCUT2D eigenvalue weighted by Gasteiger charge is 2.36. The first-order valence-electron chi connectivity index (χ1n) is 7.85. The molecule has 2 unspecified atom stereocenters. The molecule has 0 spiro atoms. The highest BCUT2D eigenvalue weighted by Crippen LogP contribution is 2.31. The molecule has 4 nitrogen and oxygen atoms in total. The third kappa shape index (κ3) is 2.50. The van der Waals surface area contributed by atoms with Gasteiger partial charge in [0.2, 0.25) is 5.95 Å². The molecular weight excluding hydrogens is 236 g/mol. The number of piperidine rings is 1. The lowest BCUT2D eigenvalue weighted by atomic mass is 9.98. The maximum absolute atomic E-state index is 4.62. The molecule has 1 aromatic heterocycles. The van der Waals surface area contributed by atoms with E-state index in [1.165, 1.54) is 38.1 Å². The number of nitrogens with zero attached hydrogens (tertiary/aromatic N) is 3. The van der Waals surface area contributed by atoms with Crippen molar-refractivity contribution in [3.63, 3.8) is 0 Å². The largest absolute Gasteiger partial charge is 0.339 e. The Hall–Kier alpha value is -1.03. The van der Waals surface area contributed by atoms with Gasteiger partial charge in [0.05, 0.1) is 0 Å². The predicted molar refractivity (Wildman–Crippen MR) is 78.5 cm³/mol. The van der Waals surface area contributed by atoms with E-state index in [0.29, 0.717) is 6.04 Å². The Balaban J connectivity index is 1.78. The monoisotopic (exact) mass is 262 g/mol. The molecule has 3 rings (SSSR count). The average molecular weight is 262 g/mol. The van der Waals surface area contributed by atoms with Crippen molar-refractivity contribution < 1.29 is 0 Å². The first kappa shape index (κ1) is 13.0. The number of nitrogens with one attached hydrogen (secondary N) is 1. The molecule has 3 heterocycles. The summed E-state index contributed by atoms with van der Waals surface area (Å²) in [5, 5.41) is 3.73. The van der Waals surface area contributed by atoms with Gasteiger partial charge in [-0.05, 0) is 39.0 Å². The van der Waals surface area contributed by atoms with E-state index in [0.717, 1.165) is 25.2 Å². The highest BCUT2D eigenvalue weighted by atomic mass is 15.3. The number of rotatable bonds is 5. The Bertz CT molecular complexity index is 402. The Labute approximate surface area is 116 Å². The zero-order chi connectivity index (χ0) is 13.2. The minimum Gasteiger partial charge on any atom is -0.339 e. The second kappa shape index (κ2) is 5.53. The highest BCUT2D eigenvalue weighted by molar-refractivity contribution is 5.33. The number of hydrogen-bond acceptors (Lipinski definition) is 3. The average Bonchev–Trinajstić information content (AvgIpc) is 2.99. The van der Waals surface area contributed by atoms with Gasteiger partial charge in [-0.1, -0.05) is 6.92 Å². The van der Waals surface area contributed by atoms with Crippen LogP contribution in [0, 0.1) is 0 Å². The third-order valence-electron chi connectivity index (χ3n) is 4.64. The summed E-state index contributed by atoms with van der Waals surface area (Å²) in [7, 11) is 0. The van der Waals surface area contributed by atoms with Crippen LogP contribution in [0.5, 0.6) is 0 Å². The minimum absolute atomic E-state index is 0.668. The molecule has 0 radical (unpaired) electrons. The fourth-order valence-electron chi connectivity index (χ4n) is 3.82. The number of anilines is 1. The fraction of sp³-hybridized carbons (Fsp3) is 0.800. The minimum atomic E-state index is 0.668. The molecule has 2 aliphatic rings. The lowest BCUT2D eigenvalue weighted by molar-refractivity contribution is 0.345. The molecule has 2 aliphatic heterocycles. The van der Waals surface area contributed by atoms with E-state index in [-0.39, 0.29) is 0 Å². The molecule has 1 aromatic rings. The Kier molecular flexibility index (Phi) is 3.78. The van der Waals surface area contributed by atoms with Crippen LogP contribution in [-0.2, 0) is 6.54 Å². The quantitative estimate of drug-likeness (QED) is 0.884. The molecule has 0 aromatic carbocycles. The molecule has 2 saturated heterocycles. The molecule has 2 fully saturated rings. The van der Waals surface area contributed by atoms with Crippen LogP contribution >= 0.6 is 0 Å². The van der Waals surface area contributed by atoms with Crippen molar-refractivity contribution >= 4 is 5.95 Å². The van der Waals surface area contributed by atoms with E-state index in [9.17, 15) is 0 Å². The first-order valence-corrected chi connectivity index (χ1v) is 7.85. The second-order valence-electron chi connectivity index (χ2n) is 5.97. The van der Waals surface area contributed by atoms with Crippen molar-refractivity contribution in [1.82, 2.24) is 14.9 Å². The first-order chi connectivity index (χ1) is 9.31. The number of imidazole rings is 1. The van der Waals surface area contributed by atoms with Gasteiger partial charge >= 0.3 is 0 Å². The van der Waals surface area contributed by atoms with E-state index < -0.39 is 0 Å². The molecule has 0 aliphatic carbocycles. The van der Waals surface area contributed by atoms with Gasteiger partial charge in [-0.2, -0.15) is 0 Å². The number of aromatic nitrogens is 2. The van der Waals surface area contributed by atoms with E-state index in [4.69, 9.17) is 0 Å². The molecular formula is C15H26N4. The van der Waals surface area contributed by atoms with Crippen LogP contribution in [0.2, 0.25) is 0 Å². The fourth-order valence-corrected chi connectivity index (χ4v) is 3.82. The number of hydrogen-bond donors (Lipinski definition) is 1. The van der Waals surface area contributed by atoms with Crippen molar-refractivity contribution in [2.45, 2.75) is 70.6 Å². The summed E-state index contributed by atoms with van der Waals surface area (Å²) in [5.41, 5.74) is 0. The van der Waals surface area contributed by atoms with Crippen LogP contribution in [0.15, 0.2) is 12.4 Å². The van der Waals surface area contributed by atoms with E-state index in [2.05, 4.69) is 39.8 Å². The summed E-state index contributed by atoms with van der Waals surface area (Å²) in [4.78, 5) is 7.15. The lowest BCUT2D eigenvalue weighted by Gasteiger charge is -2.38. The lowest BCUT2D eigenvalue weighted by Crippen LogP contribution is -2.49. The second-order valence-corrected chi connectivity index (χ2v) is 5.97. The van der Waals surface area contributed by atoms with Crippen LogP contribution in [0.1, 0.15) is 46.0 Å². The van der Waals surface area contributed by atoms with Gasteiger partial charge in [0.15, 0.2) is 0 Å². The van der Waals surface area contributed by atoms with Crippen LogP contribution in [0.3, 0.4) is 0 Å². The third-order valence-corrected chi connectivity index (χ3v) is 4.64. The molecule has 0 saturated carbocycles. The topological polar surface area (TPSA) is 33.1 Å². The summed E-state index contributed by atoms with van der Waals surface area (Å²) in [6, 6.07) is 2.15. The van der Waals surface area contributed by atoms with Gasteiger partial charge in [-0.3, -0.25) is 0 Å². The predicted octanol–water partition coefficient (Wildman–Crippen LogP) is 2.40. The van der Waals surface area contributed by atoms with Gasteiger partial charge in [-0.15, -0.1) is 0 Å². The van der Waals surface area contributed by atoms with Gasteiger partial charge in [0, 0.05) is 43.6 Å². The molecule has 2 atom stereocenters. The van der Waals surface area contributed by atoms with Crippen molar-refractivity contribution in [3.8, 4) is 0 Å². The van der Waals surface area contributed by atoms with Crippen LogP contribution in [0.4, 0.5) is 5.95 Å². The smallest absolute Gasteiger partial charge is 0.205 e. The number of aryl methyl sites for hydroxylation is 1. The summed E-state index contributed by atoms with van der Waals surface area (Å²) >= 11 is 0. The zero-order valence-electron chi connectivity index (χ0n) is 12.2. The van der Waals surface area contributed by atoms with Gasteiger partial charge in [0.25, 0.3) is 0 Å². The maximum Gasteiger partial charge on any atom is 0.205 e. The van der Waals surface area contributed by atoms with Crippen molar-refractivity contribution in [3.05, 3.63) is 12.4 Å². The molecule has 19 heavy (non-hydrogen) atoms. The number of fused-ring (bicyclic) bond motifs is 2. The zero-order valence-corrected chi connectivity index (χ0v) is 12.2. The van der Waals surface area contributed by atoms with Gasteiger partial charge < -0.3 is 14.8 Å². The molecule has 2 bridgehead atoms. The molecule has 106 valence electrons. The van der Waals surface area contributed by atoms with Crippen molar-refractivity contribution in [1.29, 1.82) is 0 Å². The van der Waals surface area contributed by atoms with Crippen molar-refractivity contribution in [2.24, 2.45) is 0 Å². The molecule has 1 N–H and O–H groups in total. The standard InChI is InChI=1S/C15H26N4/c1-3-8-18-9-7-16-15(18)19(4-2)14-10-12-5-6-13(11-14)17-12/h7,9,12-14,17H,3-6,8,10-11H2,1-2H3. The van der Waals surface area contributed by atoms with E-state index in [1.807, 2.05) is 6.20 Å². The SMILES string of the molecule is CCCn1ccnc1N(CC)C1CC2CCC(C1)N2. The van der Waals surface area contributed by atoms with Crippen LogP contribution in [-0.4, -0.2) is 34.2 Å². The van der Waals surface area contributed by atoms with Gasteiger partial charge in [0.1, 0.15) is 0 Å². The summed E-state index contributed by atoms with van der Waals surface area (Å²) in [6.07, 6.45) is 10.5. The summed E-state index contributed by atoms with van der Waals surface area (Å²) in [6.45, 7) is 6.62. The maximum atomic E-state index is 4.62. The van der Waals surface area contributed by atoms with Crippen molar-refractivity contribution in [2.75, 3.05) is 11.4 Å². The van der Waals surface area contributed by atoms with Crippen LogP contribution in [0.25, 0.3) is 0 Å². The van der Waals surface area contributed by atoms with E-state index >= 15 is 0 Å². The molecule has 4 heteroatoms. The summed E-state index contributed by atoms with van der Waals surface area (Å²) in [5.74, 6) is 1.18. The Morgan fingerprint density at radius 2 is 2.05 bits per heavy atom.